The van der Waals surface area contributed by atoms with Crippen LogP contribution in [0.3, 0.4) is 0 Å². The first-order valence-corrected chi connectivity index (χ1v) is 9.22. The molecule has 0 radical (unpaired) electrons. The molecule has 0 aliphatic carbocycles. The topological polar surface area (TPSA) is 83.3 Å². The number of anilines is 2. The highest BCUT2D eigenvalue weighted by Gasteiger charge is 2.14. The normalized spacial score (nSPS) is 14.3. The molecule has 140 valence electrons. The van der Waals surface area contributed by atoms with Crippen LogP contribution in [0.1, 0.15) is 47.0 Å². The minimum absolute atomic E-state index is 0.117. The highest BCUT2D eigenvalue weighted by atomic mass is 16.3. The molecule has 7 nitrogen and oxygen atoms in total. The molecule has 1 aliphatic rings. The van der Waals surface area contributed by atoms with Crippen LogP contribution in [0.25, 0.3) is 0 Å². The van der Waals surface area contributed by atoms with E-state index in [1.54, 1.807) is 13.0 Å². The molecule has 2 aromatic heterocycles. The van der Waals surface area contributed by atoms with Crippen molar-refractivity contribution in [2.45, 2.75) is 40.0 Å². The zero-order chi connectivity index (χ0) is 18.5. The van der Waals surface area contributed by atoms with Crippen molar-refractivity contribution in [1.82, 2.24) is 15.3 Å². The van der Waals surface area contributed by atoms with Crippen molar-refractivity contribution < 1.29 is 9.21 Å². The van der Waals surface area contributed by atoms with E-state index in [1.165, 1.54) is 19.3 Å². The van der Waals surface area contributed by atoms with E-state index in [1.807, 2.05) is 19.9 Å². The molecule has 1 aliphatic heterocycles. The average Bonchev–Trinajstić information content (AvgIpc) is 2.97. The Morgan fingerprint density at radius 1 is 1.12 bits per heavy atom. The first kappa shape index (κ1) is 18.2. The summed E-state index contributed by atoms with van der Waals surface area (Å²) in [5.41, 5.74) is 0.591. The Balaban J connectivity index is 1.52. The second-order valence-corrected chi connectivity index (χ2v) is 6.72. The summed E-state index contributed by atoms with van der Waals surface area (Å²) in [7, 11) is 0. The molecular weight excluding hydrogens is 330 g/mol. The fourth-order valence-electron chi connectivity index (χ4n) is 3.25. The first-order chi connectivity index (χ1) is 12.5. The number of piperidine rings is 1. The van der Waals surface area contributed by atoms with E-state index in [0.29, 0.717) is 24.4 Å². The zero-order valence-electron chi connectivity index (χ0n) is 15.8. The molecule has 0 aromatic carbocycles. The van der Waals surface area contributed by atoms with Crippen molar-refractivity contribution in [2.24, 2.45) is 0 Å². The molecule has 26 heavy (non-hydrogen) atoms. The molecule has 7 heteroatoms. The molecule has 0 unspecified atom stereocenters. The van der Waals surface area contributed by atoms with Crippen LogP contribution < -0.4 is 15.5 Å². The maximum absolute atomic E-state index is 12.2. The number of carbonyl (C=O) groups is 1. The third-order valence-electron chi connectivity index (χ3n) is 4.51. The summed E-state index contributed by atoms with van der Waals surface area (Å²) in [6.07, 6.45) is 3.72. The number of hydrogen-bond acceptors (Lipinski definition) is 6. The number of nitrogens with zero attached hydrogens (tertiary/aromatic N) is 3. The molecule has 1 fully saturated rings. The van der Waals surface area contributed by atoms with Crippen LogP contribution in [0.4, 0.5) is 11.6 Å². The maximum atomic E-state index is 12.2. The van der Waals surface area contributed by atoms with E-state index in [4.69, 9.17) is 4.42 Å². The number of rotatable bonds is 6. The Bertz CT molecular complexity index is 765. The summed E-state index contributed by atoms with van der Waals surface area (Å²) in [6, 6.07) is 3.75. The van der Waals surface area contributed by atoms with Crippen LogP contribution in [-0.4, -0.2) is 42.1 Å². The van der Waals surface area contributed by atoms with Crippen LogP contribution in [0, 0.1) is 20.8 Å². The van der Waals surface area contributed by atoms with Crippen molar-refractivity contribution >= 4 is 17.5 Å². The number of aromatic nitrogens is 2. The quantitative estimate of drug-likeness (QED) is 0.774. The smallest absolute Gasteiger partial charge is 0.254 e. The van der Waals surface area contributed by atoms with Crippen LogP contribution in [-0.2, 0) is 0 Å². The Morgan fingerprint density at radius 3 is 2.58 bits per heavy atom. The fraction of sp³-hybridized carbons (Fsp3) is 0.526. The predicted octanol–water partition coefficient (Wildman–Crippen LogP) is 2.83. The maximum Gasteiger partial charge on any atom is 0.254 e. The van der Waals surface area contributed by atoms with Gasteiger partial charge in [-0.15, -0.1) is 0 Å². The van der Waals surface area contributed by atoms with E-state index >= 15 is 0 Å². The Hall–Kier alpha value is -2.57. The van der Waals surface area contributed by atoms with Gasteiger partial charge in [0.1, 0.15) is 29.0 Å². The van der Waals surface area contributed by atoms with Gasteiger partial charge in [0, 0.05) is 32.2 Å². The lowest BCUT2D eigenvalue weighted by Gasteiger charge is -2.28. The zero-order valence-corrected chi connectivity index (χ0v) is 15.8. The number of hydrogen-bond donors (Lipinski definition) is 2. The minimum Gasteiger partial charge on any atom is -0.466 e. The molecule has 3 heterocycles. The Morgan fingerprint density at radius 2 is 1.88 bits per heavy atom. The Labute approximate surface area is 154 Å². The molecule has 1 saturated heterocycles. The van der Waals surface area contributed by atoms with Gasteiger partial charge in [-0.25, -0.2) is 9.97 Å². The predicted molar refractivity (Wildman–Crippen MR) is 102 cm³/mol. The van der Waals surface area contributed by atoms with Gasteiger partial charge < -0.3 is 20.0 Å². The van der Waals surface area contributed by atoms with E-state index in [0.717, 1.165) is 36.3 Å². The number of aryl methyl sites for hydroxylation is 3. The molecule has 0 atom stereocenters. The lowest BCUT2D eigenvalue weighted by Crippen LogP contribution is -2.31. The van der Waals surface area contributed by atoms with Gasteiger partial charge in [-0.05, 0) is 46.1 Å². The highest BCUT2D eigenvalue weighted by molar-refractivity contribution is 5.95. The molecule has 2 N–H and O–H groups in total. The Kier molecular flexibility index (Phi) is 5.75. The van der Waals surface area contributed by atoms with Gasteiger partial charge in [0.25, 0.3) is 5.91 Å². The average molecular weight is 357 g/mol. The summed E-state index contributed by atoms with van der Waals surface area (Å²) < 4.78 is 5.40. The van der Waals surface area contributed by atoms with E-state index < -0.39 is 0 Å². The van der Waals surface area contributed by atoms with Gasteiger partial charge in [0.05, 0.1) is 5.56 Å². The second-order valence-electron chi connectivity index (χ2n) is 6.72. The van der Waals surface area contributed by atoms with E-state index in [-0.39, 0.29) is 5.91 Å². The number of nitrogens with one attached hydrogen (secondary N) is 2. The fourth-order valence-corrected chi connectivity index (χ4v) is 3.25. The molecule has 0 spiro atoms. The summed E-state index contributed by atoms with van der Waals surface area (Å²) >= 11 is 0. The van der Waals surface area contributed by atoms with Crippen molar-refractivity contribution in [1.29, 1.82) is 0 Å². The molecular formula is C19H27N5O2. The molecule has 1 amide bonds. The van der Waals surface area contributed by atoms with Crippen molar-refractivity contribution in [3.63, 3.8) is 0 Å². The molecule has 2 aromatic rings. The van der Waals surface area contributed by atoms with Crippen LogP contribution in [0.2, 0.25) is 0 Å². The minimum atomic E-state index is -0.117. The van der Waals surface area contributed by atoms with Gasteiger partial charge in [0.2, 0.25) is 0 Å². The lowest BCUT2D eigenvalue weighted by atomic mass is 10.1. The van der Waals surface area contributed by atoms with Crippen LogP contribution in [0.5, 0.6) is 0 Å². The van der Waals surface area contributed by atoms with Crippen molar-refractivity contribution in [2.75, 3.05) is 36.4 Å². The molecule has 0 saturated carbocycles. The largest absolute Gasteiger partial charge is 0.466 e. The van der Waals surface area contributed by atoms with Gasteiger partial charge >= 0.3 is 0 Å². The van der Waals surface area contributed by atoms with E-state index in [2.05, 4.69) is 25.5 Å². The number of carbonyl (C=O) groups excluding carboxylic acids is 1. The van der Waals surface area contributed by atoms with Crippen molar-refractivity contribution in [3.8, 4) is 0 Å². The molecule has 3 rings (SSSR count). The van der Waals surface area contributed by atoms with Gasteiger partial charge in [-0.2, -0.15) is 0 Å². The van der Waals surface area contributed by atoms with E-state index in [9.17, 15) is 4.79 Å². The summed E-state index contributed by atoms with van der Waals surface area (Å²) in [5.74, 6) is 3.80. The second kappa shape index (κ2) is 8.21. The van der Waals surface area contributed by atoms with Gasteiger partial charge in [0.15, 0.2) is 0 Å². The molecule has 0 bridgehead atoms. The first-order valence-electron chi connectivity index (χ1n) is 9.22. The lowest BCUT2D eigenvalue weighted by molar-refractivity contribution is 0.0953. The third-order valence-corrected chi connectivity index (χ3v) is 4.51. The van der Waals surface area contributed by atoms with Crippen LogP contribution >= 0.6 is 0 Å². The summed E-state index contributed by atoms with van der Waals surface area (Å²) in [5, 5.41) is 6.18. The monoisotopic (exact) mass is 357 g/mol. The summed E-state index contributed by atoms with van der Waals surface area (Å²) in [4.78, 5) is 23.5. The SMILES string of the molecule is Cc1nc(NCCNC(=O)c2cc(C)oc2C)cc(N2CCCCC2)n1. The van der Waals surface area contributed by atoms with Crippen LogP contribution in [0.15, 0.2) is 16.5 Å². The van der Waals surface area contributed by atoms with Crippen molar-refractivity contribution in [3.05, 3.63) is 35.0 Å². The third kappa shape index (κ3) is 4.53. The summed E-state index contributed by atoms with van der Waals surface area (Å²) in [6.45, 7) is 8.74. The standard InChI is InChI=1S/C19H27N5O2/c1-13-11-16(14(2)26-13)19(25)21-8-7-20-17-12-18(23-15(3)22-17)24-9-5-4-6-10-24/h11-12H,4-10H2,1-3H3,(H,21,25)(H,20,22,23). The number of amides is 1. The highest BCUT2D eigenvalue weighted by Crippen LogP contribution is 2.20. The number of furan rings is 1. The van der Waals surface area contributed by atoms with Gasteiger partial charge in [-0.1, -0.05) is 0 Å². The van der Waals surface area contributed by atoms with Gasteiger partial charge in [-0.3, -0.25) is 4.79 Å².